The minimum atomic E-state index is -0.676. The molecule has 9 heteroatoms. The minimum absolute atomic E-state index is 0.00335. The average molecular weight is 451 g/mol. The van der Waals surface area contributed by atoms with Gasteiger partial charge in [0.15, 0.2) is 11.5 Å². The monoisotopic (exact) mass is 451 g/mol. The second-order valence-electron chi connectivity index (χ2n) is 6.87. The van der Waals surface area contributed by atoms with E-state index in [0.29, 0.717) is 17.1 Å². The second kappa shape index (κ2) is 10.3. The van der Waals surface area contributed by atoms with Gasteiger partial charge in [0.2, 0.25) is 0 Å². The summed E-state index contributed by atoms with van der Waals surface area (Å²) in [6.07, 6.45) is 0. The number of furan rings is 1. The Morgan fingerprint density at radius 2 is 1.42 bits per heavy atom. The summed E-state index contributed by atoms with van der Waals surface area (Å²) in [5.41, 5.74) is 0.897. The number of hydrogen-bond donors (Lipinski definition) is 1. The molecule has 0 fully saturated rings. The molecule has 0 aliphatic rings. The molecule has 0 saturated heterocycles. The van der Waals surface area contributed by atoms with Crippen LogP contribution in [0.4, 0.5) is 5.69 Å². The van der Waals surface area contributed by atoms with Crippen molar-refractivity contribution in [1.82, 2.24) is 0 Å². The normalized spacial score (nSPS) is 10.3. The molecule has 2 aromatic carbocycles. The lowest BCUT2D eigenvalue weighted by Gasteiger charge is -2.09. The fraction of sp³-hybridized carbons (Fsp3) is 0.167. The van der Waals surface area contributed by atoms with Gasteiger partial charge in [0.05, 0.1) is 25.3 Å². The summed E-state index contributed by atoms with van der Waals surface area (Å²) in [5, 5.41) is 2.58. The molecule has 1 amide bonds. The van der Waals surface area contributed by atoms with Crippen LogP contribution in [0.25, 0.3) is 0 Å². The van der Waals surface area contributed by atoms with Gasteiger partial charge in [-0.15, -0.1) is 0 Å². The second-order valence-corrected chi connectivity index (χ2v) is 6.87. The number of hydrogen-bond acceptors (Lipinski definition) is 8. The Labute approximate surface area is 189 Å². The van der Waals surface area contributed by atoms with Crippen LogP contribution in [0.15, 0.2) is 59.0 Å². The Hall–Kier alpha value is -4.40. The van der Waals surface area contributed by atoms with E-state index in [9.17, 15) is 19.2 Å². The molecule has 0 unspecified atom stereocenters. The van der Waals surface area contributed by atoms with Crippen LogP contribution in [-0.2, 0) is 16.1 Å². The maximum absolute atomic E-state index is 12.6. The van der Waals surface area contributed by atoms with Crippen molar-refractivity contribution in [1.29, 1.82) is 0 Å². The zero-order valence-electron chi connectivity index (χ0n) is 18.2. The van der Waals surface area contributed by atoms with Crippen molar-refractivity contribution in [2.24, 2.45) is 0 Å². The number of nitrogens with one attached hydrogen (secondary N) is 1. The highest BCUT2D eigenvalue weighted by Crippen LogP contribution is 2.20. The van der Waals surface area contributed by atoms with Gasteiger partial charge in [-0.3, -0.25) is 9.59 Å². The molecule has 0 radical (unpaired) electrons. The quantitative estimate of drug-likeness (QED) is 0.404. The molecule has 1 heterocycles. The van der Waals surface area contributed by atoms with Crippen molar-refractivity contribution in [2.75, 3.05) is 19.5 Å². The van der Waals surface area contributed by atoms with Crippen LogP contribution >= 0.6 is 0 Å². The Balaban J connectivity index is 1.69. The maximum Gasteiger partial charge on any atom is 0.337 e. The van der Waals surface area contributed by atoms with Crippen molar-refractivity contribution >= 4 is 29.3 Å². The summed E-state index contributed by atoms with van der Waals surface area (Å²) >= 11 is 0. The predicted molar refractivity (Wildman–Crippen MR) is 117 cm³/mol. The summed E-state index contributed by atoms with van der Waals surface area (Å²) < 4.78 is 20.5. The maximum atomic E-state index is 12.6. The largest absolute Gasteiger partial charge is 0.486 e. The van der Waals surface area contributed by atoms with Crippen LogP contribution in [0.3, 0.4) is 0 Å². The first kappa shape index (κ1) is 23.3. The van der Waals surface area contributed by atoms with Crippen LogP contribution in [-0.4, -0.2) is 37.8 Å². The molecular formula is C24H21NO8. The molecule has 3 aromatic rings. The van der Waals surface area contributed by atoms with E-state index in [4.69, 9.17) is 9.15 Å². The predicted octanol–water partition coefficient (Wildman–Crippen LogP) is 3.89. The number of ketones is 1. The van der Waals surface area contributed by atoms with Crippen LogP contribution in [0.5, 0.6) is 5.75 Å². The van der Waals surface area contributed by atoms with Crippen molar-refractivity contribution < 1.29 is 37.8 Å². The van der Waals surface area contributed by atoms with Gasteiger partial charge in [-0.1, -0.05) is 0 Å². The van der Waals surface area contributed by atoms with E-state index in [1.807, 2.05) is 0 Å². The number of Topliss-reactive ketones (excluding diaryl/α,β-unsaturated/α-hetero) is 1. The van der Waals surface area contributed by atoms with Crippen molar-refractivity contribution in [3.8, 4) is 5.75 Å². The van der Waals surface area contributed by atoms with Gasteiger partial charge in [-0.25, -0.2) is 9.59 Å². The van der Waals surface area contributed by atoms with E-state index in [-0.39, 0.29) is 35.0 Å². The third-order valence-corrected chi connectivity index (χ3v) is 4.56. The summed E-state index contributed by atoms with van der Waals surface area (Å²) in [6.45, 7) is 1.55. The van der Waals surface area contributed by atoms with Gasteiger partial charge in [0.25, 0.3) is 5.91 Å². The van der Waals surface area contributed by atoms with Gasteiger partial charge >= 0.3 is 11.9 Å². The number of benzene rings is 2. The van der Waals surface area contributed by atoms with Crippen LogP contribution < -0.4 is 10.1 Å². The fourth-order valence-electron chi connectivity index (χ4n) is 2.88. The van der Waals surface area contributed by atoms with Gasteiger partial charge < -0.3 is 23.9 Å². The van der Waals surface area contributed by atoms with Crippen LogP contribution in [0, 0.1) is 0 Å². The van der Waals surface area contributed by atoms with Crippen LogP contribution in [0.2, 0.25) is 0 Å². The smallest absolute Gasteiger partial charge is 0.337 e. The highest BCUT2D eigenvalue weighted by molar-refractivity contribution is 6.04. The average Bonchev–Trinajstić information content (AvgIpc) is 3.31. The Morgan fingerprint density at radius 1 is 0.818 bits per heavy atom. The van der Waals surface area contributed by atoms with E-state index in [1.165, 1.54) is 45.4 Å². The Kier molecular flexibility index (Phi) is 7.24. The number of esters is 2. The molecule has 1 aromatic heterocycles. The number of ether oxygens (including phenoxy) is 3. The third kappa shape index (κ3) is 5.85. The SMILES string of the molecule is COC(=O)c1cc(NC(=O)c2ccc(COc3ccc(C(C)=O)cc3)o2)cc(C(=O)OC)c1. The number of amides is 1. The van der Waals surface area contributed by atoms with Gasteiger partial charge in [0, 0.05) is 11.3 Å². The van der Waals surface area contributed by atoms with Crippen molar-refractivity contribution in [2.45, 2.75) is 13.5 Å². The van der Waals surface area contributed by atoms with Crippen molar-refractivity contribution in [3.63, 3.8) is 0 Å². The number of rotatable bonds is 8. The molecule has 170 valence electrons. The molecule has 0 spiro atoms. The van der Waals surface area contributed by atoms with E-state index < -0.39 is 17.8 Å². The minimum Gasteiger partial charge on any atom is -0.486 e. The molecule has 9 nitrogen and oxygen atoms in total. The van der Waals surface area contributed by atoms with E-state index >= 15 is 0 Å². The molecule has 0 saturated carbocycles. The van der Waals surface area contributed by atoms with E-state index in [0.717, 1.165) is 0 Å². The molecular weight excluding hydrogens is 430 g/mol. The summed E-state index contributed by atoms with van der Waals surface area (Å²) in [6, 6.07) is 13.7. The van der Waals surface area contributed by atoms with E-state index in [1.54, 1.807) is 30.3 Å². The van der Waals surface area contributed by atoms with Gasteiger partial charge in [0.1, 0.15) is 18.1 Å². The lowest BCUT2D eigenvalue weighted by atomic mass is 10.1. The van der Waals surface area contributed by atoms with Gasteiger partial charge in [-0.2, -0.15) is 0 Å². The number of carbonyl (C=O) groups is 4. The lowest BCUT2D eigenvalue weighted by molar-refractivity contribution is 0.0598. The summed E-state index contributed by atoms with van der Waals surface area (Å²) in [5.74, 6) is -1.05. The Bertz CT molecular complexity index is 1160. The number of anilines is 1. The van der Waals surface area contributed by atoms with Crippen molar-refractivity contribution in [3.05, 3.63) is 82.8 Å². The first-order valence-corrected chi connectivity index (χ1v) is 9.76. The highest BCUT2D eigenvalue weighted by atomic mass is 16.5. The molecule has 0 aliphatic heterocycles. The first-order valence-electron chi connectivity index (χ1n) is 9.76. The van der Waals surface area contributed by atoms with Crippen LogP contribution in [0.1, 0.15) is 54.3 Å². The highest BCUT2D eigenvalue weighted by Gasteiger charge is 2.17. The Morgan fingerprint density at radius 3 is 1.97 bits per heavy atom. The zero-order valence-corrected chi connectivity index (χ0v) is 18.2. The third-order valence-electron chi connectivity index (χ3n) is 4.56. The van der Waals surface area contributed by atoms with E-state index in [2.05, 4.69) is 14.8 Å². The zero-order chi connectivity index (χ0) is 24.0. The molecule has 0 atom stereocenters. The molecule has 0 bridgehead atoms. The topological polar surface area (TPSA) is 121 Å². The number of carbonyl (C=O) groups excluding carboxylic acids is 4. The summed E-state index contributed by atoms with van der Waals surface area (Å²) in [4.78, 5) is 47.7. The molecule has 0 aliphatic carbocycles. The van der Waals surface area contributed by atoms with Gasteiger partial charge in [-0.05, 0) is 61.5 Å². The molecule has 33 heavy (non-hydrogen) atoms. The molecule has 1 N–H and O–H groups in total. The standard InChI is InChI=1S/C24H21NO8/c1-14(26)15-4-6-19(7-5-15)32-13-20-8-9-21(33-20)22(27)25-18-11-16(23(28)30-2)10-17(12-18)24(29)31-3/h4-12H,13H2,1-3H3,(H,25,27). The fourth-order valence-corrected chi connectivity index (χ4v) is 2.88. The molecule has 3 rings (SSSR count). The lowest BCUT2D eigenvalue weighted by Crippen LogP contribution is -2.13. The first-order chi connectivity index (χ1) is 15.8. The summed E-state index contributed by atoms with van der Waals surface area (Å²) in [7, 11) is 2.41. The number of methoxy groups -OCH3 is 2.